The highest BCUT2D eigenvalue weighted by Crippen LogP contribution is 2.36. The van der Waals surface area contributed by atoms with Gasteiger partial charge in [-0.2, -0.15) is 0 Å². The first-order chi connectivity index (χ1) is 13.6. The molecule has 1 saturated carbocycles. The summed E-state index contributed by atoms with van der Waals surface area (Å²) in [6, 6.07) is 15.3. The van der Waals surface area contributed by atoms with E-state index in [-0.39, 0.29) is 17.7 Å². The highest BCUT2D eigenvalue weighted by molar-refractivity contribution is 7.14. The van der Waals surface area contributed by atoms with Gasteiger partial charge in [0.15, 0.2) is 5.13 Å². The normalized spacial score (nSPS) is 18.0. The number of thiazole rings is 1. The number of rotatable bonds is 5. The highest BCUT2D eigenvalue weighted by Gasteiger charge is 2.32. The van der Waals surface area contributed by atoms with Gasteiger partial charge in [-0.1, -0.05) is 48.4 Å². The van der Waals surface area contributed by atoms with Crippen molar-refractivity contribution in [2.24, 2.45) is 5.92 Å². The Labute approximate surface area is 169 Å². The van der Waals surface area contributed by atoms with Gasteiger partial charge in [-0.05, 0) is 37.5 Å². The van der Waals surface area contributed by atoms with Crippen LogP contribution in [-0.4, -0.2) is 15.9 Å². The molecule has 1 aliphatic carbocycles. The largest absolute Gasteiger partial charge is 0.508 e. The van der Waals surface area contributed by atoms with E-state index in [1.165, 1.54) is 5.56 Å². The second-order valence-corrected chi connectivity index (χ2v) is 8.29. The summed E-state index contributed by atoms with van der Waals surface area (Å²) in [5.74, 6) is 0.477. The highest BCUT2D eigenvalue weighted by atomic mass is 32.1. The second-order valence-electron chi connectivity index (χ2n) is 7.44. The number of ketones is 1. The minimum absolute atomic E-state index is 0.0648. The molecule has 2 atom stereocenters. The third-order valence-corrected chi connectivity index (χ3v) is 6.16. The molecule has 2 aromatic carbocycles. The molecule has 2 N–H and O–H groups in total. The molecule has 3 aromatic rings. The molecule has 0 aliphatic heterocycles. The van der Waals surface area contributed by atoms with Crippen molar-refractivity contribution in [3.8, 4) is 17.0 Å². The van der Waals surface area contributed by atoms with E-state index in [9.17, 15) is 9.90 Å². The van der Waals surface area contributed by atoms with Gasteiger partial charge in [-0.3, -0.25) is 4.79 Å². The number of hydrogen-bond donors (Lipinski definition) is 2. The molecule has 28 heavy (non-hydrogen) atoms. The van der Waals surface area contributed by atoms with E-state index in [0.717, 1.165) is 41.2 Å². The van der Waals surface area contributed by atoms with Crippen LogP contribution in [0.2, 0.25) is 0 Å². The van der Waals surface area contributed by atoms with E-state index in [1.807, 2.05) is 17.5 Å². The van der Waals surface area contributed by atoms with Crippen molar-refractivity contribution in [3.63, 3.8) is 0 Å². The van der Waals surface area contributed by atoms with Crippen molar-refractivity contribution in [1.29, 1.82) is 0 Å². The molecule has 0 amide bonds. The quantitative estimate of drug-likeness (QED) is 0.581. The number of phenolic OH excluding ortho intramolecular Hbond substituents is 1. The molecule has 1 fully saturated rings. The summed E-state index contributed by atoms with van der Waals surface area (Å²) in [5, 5.41) is 16.0. The number of benzene rings is 2. The summed E-state index contributed by atoms with van der Waals surface area (Å²) in [6.07, 6.45) is 3.58. The van der Waals surface area contributed by atoms with Crippen LogP contribution in [0.25, 0.3) is 11.3 Å². The summed E-state index contributed by atoms with van der Waals surface area (Å²) in [4.78, 5) is 17.4. The van der Waals surface area contributed by atoms with Crippen LogP contribution in [0.3, 0.4) is 0 Å². The average molecular weight is 393 g/mol. The number of anilines is 1. The van der Waals surface area contributed by atoms with Crippen LogP contribution < -0.4 is 5.32 Å². The third-order valence-electron chi connectivity index (χ3n) is 5.39. The SMILES string of the molecule is Cc1ccc(-c2csc(NC(c3ccc(O)cc3)C3CCCCC3=O)n2)cc1. The maximum atomic E-state index is 12.6. The maximum Gasteiger partial charge on any atom is 0.183 e. The molecule has 2 unspecified atom stereocenters. The molecule has 1 heterocycles. The molecule has 144 valence electrons. The van der Waals surface area contributed by atoms with Crippen LogP contribution in [-0.2, 0) is 4.79 Å². The van der Waals surface area contributed by atoms with Crippen molar-refractivity contribution in [2.75, 3.05) is 5.32 Å². The number of aromatic nitrogens is 1. The van der Waals surface area contributed by atoms with Crippen molar-refractivity contribution < 1.29 is 9.90 Å². The Hall–Kier alpha value is -2.66. The smallest absolute Gasteiger partial charge is 0.183 e. The predicted octanol–water partition coefficient (Wildman–Crippen LogP) is 5.74. The number of Topliss-reactive ketones (excluding diaryl/α,β-unsaturated/α-hetero) is 1. The summed E-state index contributed by atoms with van der Waals surface area (Å²) in [7, 11) is 0. The van der Waals surface area contributed by atoms with Crippen molar-refractivity contribution in [2.45, 2.75) is 38.6 Å². The monoisotopic (exact) mass is 392 g/mol. The fraction of sp³-hybridized carbons (Fsp3) is 0.304. The van der Waals surface area contributed by atoms with Gasteiger partial charge in [0.2, 0.25) is 0 Å². The zero-order chi connectivity index (χ0) is 19.5. The number of aryl methyl sites for hydroxylation is 1. The molecule has 0 bridgehead atoms. The topological polar surface area (TPSA) is 62.2 Å². The predicted molar refractivity (Wildman–Crippen MR) is 114 cm³/mol. The minimum Gasteiger partial charge on any atom is -0.508 e. The van der Waals surface area contributed by atoms with Crippen LogP contribution >= 0.6 is 11.3 Å². The first kappa shape index (κ1) is 18.7. The Morgan fingerprint density at radius 1 is 1.11 bits per heavy atom. The number of hydrogen-bond acceptors (Lipinski definition) is 5. The molecule has 4 nitrogen and oxygen atoms in total. The van der Waals surface area contributed by atoms with E-state index in [0.29, 0.717) is 12.2 Å². The molecule has 1 aliphatic rings. The van der Waals surface area contributed by atoms with Crippen LogP contribution in [0.1, 0.15) is 42.9 Å². The standard InChI is InChI=1S/C23H24N2O2S/c1-15-6-8-16(9-7-15)20-14-28-23(24-20)25-22(17-10-12-18(26)13-11-17)19-4-2-3-5-21(19)27/h6-14,19,22,26H,2-5H2,1H3,(H,24,25). The zero-order valence-electron chi connectivity index (χ0n) is 15.9. The fourth-order valence-corrected chi connectivity index (χ4v) is 4.55. The third kappa shape index (κ3) is 4.09. The van der Waals surface area contributed by atoms with E-state index >= 15 is 0 Å². The molecule has 0 radical (unpaired) electrons. The molecule has 5 heteroatoms. The lowest BCUT2D eigenvalue weighted by atomic mass is 9.80. The lowest BCUT2D eigenvalue weighted by Crippen LogP contribution is -2.30. The second kappa shape index (κ2) is 8.15. The summed E-state index contributed by atoms with van der Waals surface area (Å²) >= 11 is 1.56. The minimum atomic E-state index is -0.134. The van der Waals surface area contributed by atoms with E-state index < -0.39 is 0 Å². The van der Waals surface area contributed by atoms with Gasteiger partial charge in [0.1, 0.15) is 11.5 Å². The molecule has 4 rings (SSSR count). The van der Waals surface area contributed by atoms with Crippen molar-refractivity contribution in [1.82, 2.24) is 4.98 Å². The van der Waals surface area contributed by atoms with E-state index in [4.69, 9.17) is 4.98 Å². The summed E-state index contributed by atoms with van der Waals surface area (Å²) in [6.45, 7) is 2.07. The summed E-state index contributed by atoms with van der Waals surface area (Å²) < 4.78 is 0. The van der Waals surface area contributed by atoms with Gasteiger partial charge in [0.25, 0.3) is 0 Å². The number of nitrogens with one attached hydrogen (secondary N) is 1. The number of nitrogens with zero attached hydrogens (tertiary/aromatic N) is 1. The van der Waals surface area contributed by atoms with Gasteiger partial charge >= 0.3 is 0 Å². The van der Waals surface area contributed by atoms with Crippen LogP contribution in [0.5, 0.6) is 5.75 Å². The van der Waals surface area contributed by atoms with Crippen LogP contribution in [0.15, 0.2) is 53.9 Å². The lowest BCUT2D eigenvalue weighted by Gasteiger charge is -2.30. The number of carbonyl (C=O) groups excluding carboxylic acids is 1. The fourth-order valence-electron chi connectivity index (χ4n) is 3.79. The van der Waals surface area contributed by atoms with Gasteiger partial charge < -0.3 is 10.4 Å². The first-order valence-corrected chi connectivity index (χ1v) is 10.6. The number of aromatic hydroxyl groups is 1. The molecule has 1 aromatic heterocycles. The van der Waals surface area contributed by atoms with Gasteiger partial charge in [-0.25, -0.2) is 4.98 Å². The Morgan fingerprint density at radius 2 is 1.86 bits per heavy atom. The van der Waals surface area contributed by atoms with Crippen molar-refractivity contribution >= 4 is 22.3 Å². The van der Waals surface area contributed by atoms with E-state index in [1.54, 1.807) is 23.5 Å². The Kier molecular flexibility index (Phi) is 5.44. The van der Waals surface area contributed by atoms with Crippen LogP contribution in [0.4, 0.5) is 5.13 Å². The van der Waals surface area contributed by atoms with Crippen LogP contribution in [0, 0.1) is 12.8 Å². The summed E-state index contributed by atoms with van der Waals surface area (Å²) in [5.41, 5.74) is 4.25. The van der Waals surface area contributed by atoms with Gasteiger partial charge in [-0.15, -0.1) is 11.3 Å². The average Bonchev–Trinajstić information content (AvgIpc) is 3.17. The maximum absolute atomic E-state index is 12.6. The number of phenols is 1. The molecular weight excluding hydrogens is 368 g/mol. The van der Waals surface area contributed by atoms with Gasteiger partial charge in [0, 0.05) is 23.3 Å². The Balaban J connectivity index is 1.61. The van der Waals surface area contributed by atoms with Gasteiger partial charge in [0.05, 0.1) is 11.7 Å². The van der Waals surface area contributed by atoms with Crippen molar-refractivity contribution in [3.05, 3.63) is 65.0 Å². The Bertz CT molecular complexity index is 947. The molecule has 0 spiro atoms. The van der Waals surface area contributed by atoms with E-state index in [2.05, 4.69) is 36.5 Å². The zero-order valence-corrected chi connectivity index (χ0v) is 16.7. The lowest BCUT2D eigenvalue weighted by molar-refractivity contribution is -0.125. The number of carbonyl (C=O) groups is 1. The Morgan fingerprint density at radius 3 is 2.57 bits per heavy atom. The first-order valence-electron chi connectivity index (χ1n) is 9.71. The molecule has 0 saturated heterocycles. The molecular formula is C23H24N2O2S.